The Balaban J connectivity index is 1.26. The number of aromatic nitrogens is 2. The van der Waals surface area contributed by atoms with E-state index in [9.17, 15) is 4.79 Å². The van der Waals surface area contributed by atoms with Crippen molar-refractivity contribution in [3.8, 4) is 0 Å². The van der Waals surface area contributed by atoms with Crippen LogP contribution in [0, 0.1) is 0 Å². The number of carbonyl (C=O) groups is 1. The molecule has 2 aromatic rings. The van der Waals surface area contributed by atoms with Crippen molar-refractivity contribution in [2.24, 2.45) is 0 Å². The number of aryl methyl sites for hydroxylation is 1. The lowest BCUT2D eigenvalue weighted by Crippen LogP contribution is -2.43. The van der Waals surface area contributed by atoms with Gasteiger partial charge in [0.15, 0.2) is 0 Å². The average Bonchev–Trinajstić information content (AvgIpc) is 3.15. The van der Waals surface area contributed by atoms with Gasteiger partial charge in [-0.2, -0.15) is 0 Å². The predicted molar refractivity (Wildman–Crippen MR) is 109 cm³/mol. The van der Waals surface area contributed by atoms with E-state index in [-0.39, 0.29) is 24.0 Å². The van der Waals surface area contributed by atoms with Crippen molar-refractivity contribution in [2.75, 3.05) is 25.4 Å². The number of fused-ring (bicyclic) bond motifs is 2. The van der Waals surface area contributed by atoms with Gasteiger partial charge in [0.1, 0.15) is 5.69 Å². The topological polar surface area (TPSA) is 93.4 Å². The van der Waals surface area contributed by atoms with Crippen LogP contribution in [0.1, 0.15) is 52.7 Å². The summed E-state index contributed by atoms with van der Waals surface area (Å²) in [5.74, 6) is 0.0707. The van der Waals surface area contributed by atoms with Crippen molar-refractivity contribution in [3.05, 3.63) is 52.8 Å². The number of nitrogens with two attached hydrogens (primary N) is 1. The summed E-state index contributed by atoms with van der Waals surface area (Å²) >= 11 is 0. The number of benzene rings is 1. The van der Waals surface area contributed by atoms with Gasteiger partial charge in [0.05, 0.1) is 12.7 Å². The highest BCUT2D eigenvalue weighted by Crippen LogP contribution is 2.30. The van der Waals surface area contributed by atoms with Crippen LogP contribution in [0.3, 0.4) is 0 Å². The number of ether oxygens (including phenoxy) is 1. The van der Waals surface area contributed by atoms with E-state index in [1.54, 1.807) is 0 Å². The highest BCUT2D eigenvalue weighted by Gasteiger charge is 2.38. The lowest BCUT2D eigenvalue weighted by molar-refractivity contribution is -0.0502. The van der Waals surface area contributed by atoms with Crippen LogP contribution in [0.2, 0.25) is 0 Å². The molecular weight excluding hydrogens is 366 g/mol. The number of hydrogen-bond acceptors (Lipinski definition) is 6. The molecule has 3 N–H and O–H groups in total. The van der Waals surface area contributed by atoms with Gasteiger partial charge < -0.3 is 15.8 Å². The number of carbonyl (C=O) groups excluding carboxylic acids is 1. The van der Waals surface area contributed by atoms with Gasteiger partial charge in [-0.1, -0.05) is 30.3 Å². The van der Waals surface area contributed by atoms with E-state index in [2.05, 4.69) is 32.3 Å². The van der Waals surface area contributed by atoms with Crippen molar-refractivity contribution in [1.82, 2.24) is 20.2 Å². The maximum atomic E-state index is 13.0. The minimum atomic E-state index is -0.123. The molecule has 2 fully saturated rings. The molecule has 3 heterocycles. The smallest absolute Gasteiger partial charge is 0.270 e. The Morgan fingerprint density at radius 2 is 1.97 bits per heavy atom. The highest BCUT2D eigenvalue weighted by molar-refractivity contribution is 5.94. The molecule has 1 aromatic carbocycles. The third-order valence-corrected chi connectivity index (χ3v) is 6.34. The van der Waals surface area contributed by atoms with Crippen LogP contribution in [0.4, 0.5) is 5.95 Å². The molecule has 0 unspecified atom stereocenters. The number of nitrogen functional groups attached to an aromatic ring is 1. The first kappa shape index (κ1) is 18.5. The lowest BCUT2D eigenvalue weighted by atomic mass is 9.94. The number of nitrogens with zero attached hydrogens (tertiary/aromatic N) is 3. The molecule has 2 aliphatic heterocycles. The SMILES string of the molecule is Nc1nc2c(c(C(=O)N[C@@H]3C[C@H]4CO[C@@H](c5ccccc5)CN4C3)n1)CCCC2. The predicted octanol–water partition coefficient (Wildman–Crippen LogP) is 1.88. The van der Waals surface area contributed by atoms with Gasteiger partial charge in [0, 0.05) is 36.4 Å². The zero-order valence-electron chi connectivity index (χ0n) is 16.5. The zero-order chi connectivity index (χ0) is 19.8. The molecule has 7 nitrogen and oxygen atoms in total. The molecular formula is C22H27N5O2. The monoisotopic (exact) mass is 393 g/mol. The van der Waals surface area contributed by atoms with E-state index >= 15 is 0 Å². The van der Waals surface area contributed by atoms with Crippen LogP contribution in [0.5, 0.6) is 0 Å². The maximum Gasteiger partial charge on any atom is 0.270 e. The van der Waals surface area contributed by atoms with E-state index in [1.807, 2.05) is 18.2 Å². The second-order valence-electron chi connectivity index (χ2n) is 8.31. The first-order valence-electron chi connectivity index (χ1n) is 10.5. The molecule has 5 rings (SSSR count). The summed E-state index contributed by atoms with van der Waals surface area (Å²) in [4.78, 5) is 24.1. The number of amides is 1. The molecule has 1 amide bonds. The molecule has 29 heavy (non-hydrogen) atoms. The number of morpholine rings is 1. The summed E-state index contributed by atoms with van der Waals surface area (Å²) in [7, 11) is 0. The zero-order valence-corrected chi connectivity index (χ0v) is 16.5. The van der Waals surface area contributed by atoms with E-state index in [0.717, 1.165) is 56.5 Å². The lowest BCUT2D eigenvalue weighted by Gasteiger charge is -2.35. The standard InChI is InChI=1S/C22H27N5O2/c23-22-25-18-9-5-4-8-17(18)20(26-22)21(28)24-15-10-16-13-29-19(12-27(16)11-15)14-6-2-1-3-7-14/h1-3,6-7,15-16,19H,4-5,8-13H2,(H,24,28)(H2,23,25,26)/t15-,16+,19-/m1/s1. The Labute approximate surface area is 170 Å². The minimum Gasteiger partial charge on any atom is -0.371 e. The number of nitrogens with one attached hydrogen (secondary N) is 1. The number of hydrogen-bond donors (Lipinski definition) is 2. The van der Waals surface area contributed by atoms with Crippen molar-refractivity contribution < 1.29 is 9.53 Å². The fraction of sp³-hybridized carbons (Fsp3) is 0.500. The Kier molecular flexibility index (Phi) is 4.93. The van der Waals surface area contributed by atoms with E-state index < -0.39 is 0 Å². The first-order chi connectivity index (χ1) is 14.2. The third kappa shape index (κ3) is 3.72. The molecule has 0 saturated carbocycles. The molecule has 0 radical (unpaired) electrons. The molecule has 2 saturated heterocycles. The molecule has 0 bridgehead atoms. The maximum absolute atomic E-state index is 13.0. The van der Waals surface area contributed by atoms with Crippen LogP contribution < -0.4 is 11.1 Å². The van der Waals surface area contributed by atoms with Crippen molar-refractivity contribution in [2.45, 2.75) is 50.3 Å². The third-order valence-electron chi connectivity index (χ3n) is 6.34. The fourth-order valence-electron chi connectivity index (χ4n) is 4.90. The molecule has 1 aromatic heterocycles. The number of rotatable bonds is 3. The van der Waals surface area contributed by atoms with E-state index in [1.165, 1.54) is 5.56 Å². The molecule has 7 heteroatoms. The van der Waals surface area contributed by atoms with Crippen molar-refractivity contribution in [3.63, 3.8) is 0 Å². The summed E-state index contributed by atoms with van der Waals surface area (Å²) < 4.78 is 6.11. The second-order valence-corrected chi connectivity index (χ2v) is 8.31. The van der Waals surface area contributed by atoms with Gasteiger partial charge in [-0.25, -0.2) is 9.97 Å². The van der Waals surface area contributed by atoms with Crippen LogP contribution in [-0.2, 0) is 17.6 Å². The Morgan fingerprint density at radius 1 is 1.14 bits per heavy atom. The fourth-order valence-corrected chi connectivity index (χ4v) is 4.90. The van der Waals surface area contributed by atoms with Gasteiger partial charge in [-0.15, -0.1) is 0 Å². The minimum absolute atomic E-state index is 0.0931. The molecule has 0 spiro atoms. The molecule has 1 aliphatic carbocycles. The quantitative estimate of drug-likeness (QED) is 0.827. The Hall–Kier alpha value is -2.51. The van der Waals surface area contributed by atoms with E-state index in [0.29, 0.717) is 18.3 Å². The molecule has 3 aliphatic rings. The van der Waals surface area contributed by atoms with Crippen molar-refractivity contribution >= 4 is 11.9 Å². The summed E-state index contributed by atoms with van der Waals surface area (Å²) in [6, 6.07) is 10.8. The first-order valence-corrected chi connectivity index (χ1v) is 10.5. The largest absolute Gasteiger partial charge is 0.371 e. The number of anilines is 1. The summed E-state index contributed by atoms with van der Waals surface area (Å²) in [6.07, 6.45) is 4.88. The van der Waals surface area contributed by atoms with Gasteiger partial charge in [0.25, 0.3) is 5.91 Å². The van der Waals surface area contributed by atoms with Gasteiger partial charge in [0.2, 0.25) is 5.95 Å². The summed E-state index contributed by atoms with van der Waals surface area (Å²) in [5, 5.41) is 3.20. The average molecular weight is 393 g/mol. The molecule has 3 atom stereocenters. The second kappa shape index (κ2) is 7.72. The van der Waals surface area contributed by atoms with Gasteiger partial charge in [-0.05, 0) is 37.7 Å². The van der Waals surface area contributed by atoms with Crippen LogP contribution in [-0.4, -0.2) is 52.6 Å². The normalized spacial score (nSPS) is 26.6. The Morgan fingerprint density at radius 3 is 2.83 bits per heavy atom. The van der Waals surface area contributed by atoms with Gasteiger partial charge >= 0.3 is 0 Å². The van der Waals surface area contributed by atoms with Crippen LogP contribution in [0.25, 0.3) is 0 Å². The summed E-state index contributed by atoms with van der Waals surface area (Å²) in [5.41, 5.74) is 9.46. The molecule has 152 valence electrons. The van der Waals surface area contributed by atoms with Crippen molar-refractivity contribution in [1.29, 1.82) is 0 Å². The van der Waals surface area contributed by atoms with Gasteiger partial charge in [-0.3, -0.25) is 9.69 Å². The Bertz CT molecular complexity index is 904. The van der Waals surface area contributed by atoms with Crippen LogP contribution in [0.15, 0.2) is 30.3 Å². The highest BCUT2D eigenvalue weighted by atomic mass is 16.5. The van der Waals surface area contributed by atoms with E-state index in [4.69, 9.17) is 10.5 Å². The van der Waals surface area contributed by atoms with Crippen LogP contribution >= 0.6 is 0 Å². The summed E-state index contributed by atoms with van der Waals surface area (Å²) in [6.45, 7) is 2.39.